The van der Waals surface area contributed by atoms with Crippen molar-refractivity contribution in [3.63, 3.8) is 0 Å². The second-order valence-electron chi connectivity index (χ2n) is 4.56. The highest BCUT2D eigenvalue weighted by Gasteiger charge is 2.35. The molecule has 1 aliphatic rings. The number of carbonyl (C=O) groups excluding carboxylic acids is 1. The number of hydrogen-bond donors (Lipinski definition) is 0. The summed E-state index contributed by atoms with van der Waals surface area (Å²) in [6, 6.07) is 0. The van der Waals surface area contributed by atoms with Gasteiger partial charge in [-0.15, -0.1) is 8.98 Å². The summed E-state index contributed by atoms with van der Waals surface area (Å²) < 4.78 is 33.8. The third kappa shape index (κ3) is 3.22. The van der Waals surface area contributed by atoms with Gasteiger partial charge in [0.15, 0.2) is 0 Å². The topological polar surface area (TPSA) is 93.1 Å². The van der Waals surface area contributed by atoms with Crippen LogP contribution in [0.2, 0.25) is 0 Å². The van der Waals surface area contributed by atoms with Crippen molar-refractivity contribution in [3.8, 4) is 0 Å². The standard InChI is InChI=1S/C10H13FN4O3S/c1-6-7(2)13-14-10(12-6)15-4-8(3-9(15)16)5-19(11,17)18/h8H,3-5H2,1-2H3. The molecule has 19 heavy (non-hydrogen) atoms. The highest BCUT2D eigenvalue weighted by molar-refractivity contribution is 7.86. The fraction of sp³-hybridized carbons (Fsp3) is 0.600. The number of aryl methyl sites for hydroxylation is 2. The predicted molar refractivity (Wildman–Crippen MR) is 64.7 cm³/mol. The van der Waals surface area contributed by atoms with E-state index < -0.39 is 21.9 Å². The SMILES string of the molecule is Cc1nnc(N2CC(CS(=O)(=O)F)CC2=O)nc1C. The van der Waals surface area contributed by atoms with Crippen LogP contribution in [0.3, 0.4) is 0 Å². The van der Waals surface area contributed by atoms with Crippen LogP contribution in [0.15, 0.2) is 0 Å². The molecule has 1 aromatic rings. The molecule has 1 aliphatic heterocycles. The zero-order valence-electron chi connectivity index (χ0n) is 10.5. The number of carbonyl (C=O) groups is 1. The largest absolute Gasteiger partial charge is 0.302 e. The zero-order valence-corrected chi connectivity index (χ0v) is 11.3. The molecular weight excluding hydrogens is 275 g/mol. The van der Waals surface area contributed by atoms with Crippen LogP contribution in [0.4, 0.5) is 9.83 Å². The van der Waals surface area contributed by atoms with E-state index in [1.165, 1.54) is 4.90 Å². The van der Waals surface area contributed by atoms with Gasteiger partial charge < -0.3 is 0 Å². The molecule has 0 saturated carbocycles. The van der Waals surface area contributed by atoms with Gasteiger partial charge in [-0.05, 0) is 13.8 Å². The molecule has 104 valence electrons. The fourth-order valence-electron chi connectivity index (χ4n) is 1.93. The maximum atomic E-state index is 12.6. The Morgan fingerprint density at radius 1 is 1.32 bits per heavy atom. The van der Waals surface area contributed by atoms with Crippen molar-refractivity contribution < 1.29 is 17.1 Å². The van der Waals surface area contributed by atoms with Gasteiger partial charge in [0, 0.05) is 18.9 Å². The molecule has 0 spiro atoms. The molecule has 1 aromatic heterocycles. The van der Waals surface area contributed by atoms with Crippen molar-refractivity contribution in [1.29, 1.82) is 0 Å². The second kappa shape index (κ2) is 4.80. The number of hydrogen-bond acceptors (Lipinski definition) is 6. The average molecular weight is 288 g/mol. The first-order valence-corrected chi connectivity index (χ1v) is 7.22. The molecule has 0 aliphatic carbocycles. The summed E-state index contributed by atoms with van der Waals surface area (Å²) in [6.07, 6.45) is -0.0283. The van der Waals surface area contributed by atoms with Crippen molar-refractivity contribution in [2.45, 2.75) is 20.3 Å². The number of halogens is 1. The Labute approximate surface area is 110 Å². The van der Waals surface area contributed by atoms with E-state index in [4.69, 9.17) is 0 Å². The second-order valence-corrected chi connectivity index (χ2v) is 5.97. The molecule has 0 aromatic carbocycles. The number of amides is 1. The van der Waals surface area contributed by atoms with Crippen molar-refractivity contribution in [2.75, 3.05) is 17.2 Å². The summed E-state index contributed by atoms with van der Waals surface area (Å²) in [5.41, 5.74) is 1.29. The Balaban J connectivity index is 2.18. The number of aromatic nitrogens is 3. The van der Waals surface area contributed by atoms with E-state index in [-0.39, 0.29) is 24.8 Å². The summed E-state index contributed by atoms with van der Waals surface area (Å²) in [5.74, 6) is -1.42. The van der Waals surface area contributed by atoms with Gasteiger partial charge in [-0.3, -0.25) is 9.69 Å². The lowest BCUT2D eigenvalue weighted by Crippen LogP contribution is -2.28. The maximum absolute atomic E-state index is 12.6. The van der Waals surface area contributed by atoms with Gasteiger partial charge in [-0.2, -0.15) is 13.5 Å². The van der Waals surface area contributed by atoms with E-state index in [2.05, 4.69) is 15.2 Å². The molecule has 9 heteroatoms. The Hall–Kier alpha value is -1.64. The number of nitrogens with zero attached hydrogens (tertiary/aromatic N) is 4. The van der Waals surface area contributed by atoms with Crippen LogP contribution in [-0.2, 0) is 15.0 Å². The normalized spacial score (nSPS) is 20.1. The van der Waals surface area contributed by atoms with E-state index in [0.717, 1.165) is 0 Å². The van der Waals surface area contributed by atoms with Crippen molar-refractivity contribution in [3.05, 3.63) is 11.4 Å². The summed E-state index contributed by atoms with van der Waals surface area (Å²) in [5, 5.41) is 7.66. The monoisotopic (exact) mass is 288 g/mol. The Morgan fingerprint density at radius 3 is 2.58 bits per heavy atom. The minimum atomic E-state index is -4.59. The van der Waals surface area contributed by atoms with Gasteiger partial charge in [0.1, 0.15) is 0 Å². The molecule has 1 fully saturated rings. The highest BCUT2D eigenvalue weighted by atomic mass is 32.3. The smallest absolute Gasteiger partial charge is 0.279 e. The quantitative estimate of drug-likeness (QED) is 0.734. The van der Waals surface area contributed by atoms with Gasteiger partial charge >= 0.3 is 10.2 Å². The Morgan fingerprint density at radius 2 is 2.00 bits per heavy atom. The van der Waals surface area contributed by atoms with Gasteiger partial charge in [-0.25, -0.2) is 4.98 Å². The van der Waals surface area contributed by atoms with Crippen LogP contribution in [0, 0.1) is 19.8 Å². The first-order chi connectivity index (χ1) is 8.76. The van der Waals surface area contributed by atoms with E-state index in [1.807, 2.05) is 0 Å². The first-order valence-electron chi connectivity index (χ1n) is 5.67. The van der Waals surface area contributed by atoms with Gasteiger partial charge in [0.2, 0.25) is 5.91 Å². The van der Waals surface area contributed by atoms with Gasteiger partial charge in [-0.1, -0.05) is 0 Å². The maximum Gasteiger partial charge on any atom is 0.302 e. The van der Waals surface area contributed by atoms with Crippen LogP contribution < -0.4 is 4.90 Å². The lowest BCUT2D eigenvalue weighted by atomic mass is 10.1. The van der Waals surface area contributed by atoms with E-state index in [0.29, 0.717) is 11.4 Å². The van der Waals surface area contributed by atoms with Gasteiger partial charge in [0.25, 0.3) is 5.95 Å². The number of anilines is 1. The Bertz CT molecular complexity index is 619. The average Bonchev–Trinajstić information content (AvgIpc) is 2.61. The molecule has 1 amide bonds. The highest BCUT2D eigenvalue weighted by Crippen LogP contribution is 2.23. The molecule has 0 bridgehead atoms. The van der Waals surface area contributed by atoms with Crippen molar-refractivity contribution >= 4 is 22.1 Å². The first kappa shape index (κ1) is 13.8. The third-order valence-electron chi connectivity index (χ3n) is 2.96. The third-order valence-corrected chi connectivity index (χ3v) is 3.83. The minimum Gasteiger partial charge on any atom is -0.279 e. The number of rotatable bonds is 3. The molecule has 1 unspecified atom stereocenters. The lowest BCUT2D eigenvalue weighted by Gasteiger charge is -2.14. The lowest BCUT2D eigenvalue weighted by molar-refractivity contribution is -0.117. The molecule has 1 saturated heterocycles. The predicted octanol–water partition coefficient (Wildman–Crippen LogP) is 0.141. The van der Waals surface area contributed by atoms with Crippen LogP contribution in [0.5, 0.6) is 0 Å². The summed E-state index contributed by atoms with van der Waals surface area (Å²) >= 11 is 0. The Kier molecular flexibility index (Phi) is 3.48. The molecule has 1 atom stereocenters. The molecule has 0 N–H and O–H groups in total. The summed E-state index contributed by atoms with van der Waals surface area (Å²) in [4.78, 5) is 17.1. The van der Waals surface area contributed by atoms with Crippen LogP contribution in [0.1, 0.15) is 17.8 Å². The van der Waals surface area contributed by atoms with Crippen molar-refractivity contribution in [2.24, 2.45) is 5.92 Å². The van der Waals surface area contributed by atoms with Gasteiger partial charge in [0.05, 0.1) is 17.1 Å². The van der Waals surface area contributed by atoms with E-state index >= 15 is 0 Å². The van der Waals surface area contributed by atoms with Crippen LogP contribution >= 0.6 is 0 Å². The summed E-state index contributed by atoms with van der Waals surface area (Å²) in [7, 11) is -4.59. The molecule has 2 rings (SSSR count). The van der Waals surface area contributed by atoms with Crippen molar-refractivity contribution in [1.82, 2.24) is 15.2 Å². The summed E-state index contributed by atoms with van der Waals surface area (Å²) in [6.45, 7) is 3.56. The molecule has 0 radical (unpaired) electrons. The minimum absolute atomic E-state index is 0.0283. The molecule has 7 nitrogen and oxygen atoms in total. The zero-order chi connectivity index (χ0) is 14.2. The van der Waals surface area contributed by atoms with Crippen LogP contribution in [-0.4, -0.2) is 41.8 Å². The van der Waals surface area contributed by atoms with E-state index in [1.54, 1.807) is 13.8 Å². The van der Waals surface area contributed by atoms with Crippen LogP contribution in [0.25, 0.3) is 0 Å². The molecular formula is C10H13FN4O3S. The van der Waals surface area contributed by atoms with E-state index in [9.17, 15) is 17.1 Å². The molecule has 2 heterocycles. The fourth-order valence-corrected chi connectivity index (χ4v) is 2.71.